The molecule has 0 aliphatic rings. The molecule has 0 bridgehead atoms. The molecule has 6 nitrogen and oxygen atoms in total. The maximum Gasteiger partial charge on any atom is 0.322 e. The maximum atomic E-state index is 11.0. The number of carbonyl (C=O) groups excluding carboxylic acids is 2. The molecule has 0 aromatic rings. The van der Waals surface area contributed by atoms with Crippen LogP contribution in [0.25, 0.3) is 0 Å². The zero-order valence-corrected chi connectivity index (χ0v) is 9.41. The van der Waals surface area contributed by atoms with Gasteiger partial charge in [0.05, 0.1) is 0 Å². The Morgan fingerprint density at radius 2 is 1.75 bits per heavy atom. The lowest BCUT2D eigenvalue weighted by molar-refractivity contribution is -0.137. The van der Waals surface area contributed by atoms with Gasteiger partial charge in [0.15, 0.2) is 0 Å². The van der Waals surface area contributed by atoms with Gasteiger partial charge in [0, 0.05) is 19.9 Å². The van der Waals surface area contributed by atoms with Gasteiger partial charge in [0.25, 0.3) is 0 Å². The highest BCUT2D eigenvalue weighted by Crippen LogP contribution is 1.98. The van der Waals surface area contributed by atoms with E-state index in [4.69, 9.17) is 5.11 Å². The first-order valence-electron chi connectivity index (χ1n) is 5.25. The molecule has 0 saturated heterocycles. The van der Waals surface area contributed by atoms with Crippen molar-refractivity contribution in [3.8, 4) is 0 Å². The number of carboxylic acids is 1. The normalized spacial score (nSPS) is 9.56. The first-order valence-corrected chi connectivity index (χ1v) is 5.25. The van der Waals surface area contributed by atoms with E-state index >= 15 is 0 Å². The van der Waals surface area contributed by atoms with Crippen LogP contribution in [-0.2, 0) is 14.4 Å². The van der Waals surface area contributed by atoms with Crippen LogP contribution in [0.5, 0.6) is 0 Å². The molecule has 0 saturated carbocycles. The second-order valence-electron chi connectivity index (χ2n) is 3.46. The Morgan fingerprint density at radius 3 is 2.31 bits per heavy atom. The number of carboxylic acid groups (broad SMARTS) is 1. The van der Waals surface area contributed by atoms with Crippen LogP contribution in [0.4, 0.5) is 0 Å². The fourth-order valence-electron chi connectivity index (χ4n) is 1.11. The molecule has 0 unspecified atom stereocenters. The molecule has 0 aliphatic heterocycles. The highest BCUT2D eigenvalue weighted by atomic mass is 16.4. The van der Waals surface area contributed by atoms with Crippen molar-refractivity contribution in [2.24, 2.45) is 0 Å². The van der Waals surface area contributed by atoms with Gasteiger partial charge in [-0.3, -0.25) is 14.4 Å². The Bertz CT molecular complexity index is 253. The van der Waals surface area contributed by atoms with Crippen LogP contribution in [0, 0.1) is 0 Å². The molecule has 2 amide bonds. The van der Waals surface area contributed by atoms with E-state index in [1.807, 2.05) is 0 Å². The second kappa shape index (κ2) is 8.70. The summed E-state index contributed by atoms with van der Waals surface area (Å²) >= 11 is 0. The summed E-state index contributed by atoms with van der Waals surface area (Å²) in [6.45, 7) is 1.75. The van der Waals surface area contributed by atoms with Crippen molar-refractivity contribution < 1.29 is 19.5 Å². The fraction of sp³-hybridized carbons (Fsp3) is 0.700. The lowest BCUT2D eigenvalue weighted by atomic mass is 10.2. The van der Waals surface area contributed by atoms with E-state index in [1.54, 1.807) is 0 Å². The van der Waals surface area contributed by atoms with Crippen LogP contribution < -0.4 is 10.6 Å². The minimum Gasteiger partial charge on any atom is -0.480 e. The third kappa shape index (κ3) is 10.5. The first-order chi connectivity index (χ1) is 7.52. The van der Waals surface area contributed by atoms with Gasteiger partial charge < -0.3 is 15.7 Å². The lowest BCUT2D eigenvalue weighted by Gasteiger charge is -2.03. The van der Waals surface area contributed by atoms with E-state index in [-0.39, 0.29) is 18.4 Å². The van der Waals surface area contributed by atoms with Crippen molar-refractivity contribution in [3.05, 3.63) is 0 Å². The number of hydrogen-bond donors (Lipinski definition) is 3. The summed E-state index contributed by atoms with van der Waals surface area (Å²) in [6, 6.07) is 0. The third-order valence-electron chi connectivity index (χ3n) is 1.89. The molecular weight excluding hydrogens is 212 g/mol. The van der Waals surface area contributed by atoms with Crippen molar-refractivity contribution in [2.75, 3.05) is 13.1 Å². The Hall–Kier alpha value is -1.59. The van der Waals surface area contributed by atoms with Crippen molar-refractivity contribution in [1.29, 1.82) is 0 Å². The number of nitrogens with one attached hydrogen (secondary N) is 2. The van der Waals surface area contributed by atoms with Gasteiger partial charge in [-0.15, -0.1) is 0 Å². The van der Waals surface area contributed by atoms with Crippen molar-refractivity contribution >= 4 is 17.8 Å². The molecule has 0 aliphatic carbocycles. The van der Waals surface area contributed by atoms with E-state index < -0.39 is 5.97 Å². The van der Waals surface area contributed by atoms with E-state index in [2.05, 4.69) is 10.6 Å². The zero-order valence-electron chi connectivity index (χ0n) is 9.41. The van der Waals surface area contributed by atoms with Gasteiger partial charge in [-0.1, -0.05) is 6.42 Å². The van der Waals surface area contributed by atoms with Crippen molar-refractivity contribution in [1.82, 2.24) is 10.6 Å². The van der Waals surface area contributed by atoms with Crippen LogP contribution in [0.3, 0.4) is 0 Å². The second-order valence-corrected chi connectivity index (χ2v) is 3.46. The monoisotopic (exact) mass is 230 g/mol. The third-order valence-corrected chi connectivity index (χ3v) is 1.89. The van der Waals surface area contributed by atoms with Crippen molar-refractivity contribution in [2.45, 2.75) is 32.6 Å². The molecule has 0 atom stereocenters. The molecule has 16 heavy (non-hydrogen) atoms. The van der Waals surface area contributed by atoms with Crippen LogP contribution >= 0.6 is 0 Å². The van der Waals surface area contributed by atoms with Crippen molar-refractivity contribution in [3.63, 3.8) is 0 Å². The topological polar surface area (TPSA) is 95.5 Å². The van der Waals surface area contributed by atoms with E-state index in [9.17, 15) is 14.4 Å². The molecule has 0 aromatic carbocycles. The molecule has 0 heterocycles. The smallest absolute Gasteiger partial charge is 0.322 e. The van der Waals surface area contributed by atoms with Crippen LogP contribution in [-0.4, -0.2) is 36.0 Å². The van der Waals surface area contributed by atoms with E-state index in [0.29, 0.717) is 19.4 Å². The molecule has 0 fully saturated rings. The summed E-state index contributed by atoms with van der Waals surface area (Å²) in [4.78, 5) is 31.7. The summed E-state index contributed by atoms with van der Waals surface area (Å²) in [5.74, 6) is -1.35. The number of rotatable bonds is 8. The van der Waals surface area contributed by atoms with Crippen LogP contribution in [0.1, 0.15) is 32.6 Å². The first kappa shape index (κ1) is 14.4. The minimum atomic E-state index is -1.04. The Labute approximate surface area is 94.4 Å². The average Bonchev–Trinajstić information content (AvgIpc) is 2.19. The summed E-state index contributed by atoms with van der Waals surface area (Å²) < 4.78 is 0. The van der Waals surface area contributed by atoms with Gasteiger partial charge in [0.1, 0.15) is 6.54 Å². The van der Waals surface area contributed by atoms with Gasteiger partial charge >= 0.3 is 5.97 Å². The number of carbonyl (C=O) groups is 3. The molecule has 0 radical (unpaired) electrons. The van der Waals surface area contributed by atoms with Crippen LogP contribution in [0.2, 0.25) is 0 Å². The highest BCUT2D eigenvalue weighted by molar-refractivity contribution is 5.80. The largest absolute Gasteiger partial charge is 0.480 e. The predicted octanol–water partition coefficient (Wildman–Crippen LogP) is -0.116. The number of hydrogen-bond acceptors (Lipinski definition) is 3. The van der Waals surface area contributed by atoms with Gasteiger partial charge in [-0.05, 0) is 12.8 Å². The number of amides is 2. The average molecular weight is 230 g/mol. The molecule has 0 rings (SSSR count). The number of unbranched alkanes of at least 4 members (excludes halogenated alkanes) is 2. The fourth-order valence-corrected chi connectivity index (χ4v) is 1.11. The van der Waals surface area contributed by atoms with Gasteiger partial charge in [-0.25, -0.2) is 0 Å². The molecule has 0 spiro atoms. The lowest BCUT2D eigenvalue weighted by Crippen LogP contribution is -2.28. The summed E-state index contributed by atoms with van der Waals surface area (Å²) in [6.07, 6.45) is 2.69. The van der Waals surface area contributed by atoms with E-state index in [1.165, 1.54) is 6.92 Å². The molecule has 0 aromatic heterocycles. The molecular formula is C10H18N2O4. The molecule has 92 valence electrons. The maximum absolute atomic E-state index is 11.0. The summed E-state index contributed by atoms with van der Waals surface area (Å²) in [5, 5.41) is 13.2. The van der Waals surface area contributed by atoms with Gasteiger partial charge in [0.2, 0.25) is 11.8 Å². The Morgan fingerprint density at radius 1 is 1.06 bits per heavy atom. The zero-order chi connectivity index (χ0) is 12.4. The highest BCUT2D eigenvalue weighted by Gasteiger charge is 2.02. The predicted molar refractivity (Wildman–Crippen MR) is 57.8 cm³/mol. The molecule has 6 heteroatoms. The SMILES string of the molecule is CC(=O)NCCCCCC(=O)NCC(=O)O. The minimum absolute atomic E-state index is 0.0563. The number of aliphatic carboxylic acids is 1. The Kier molecular flexibility index (Phi) is 7.83. The van der Waals surface area contributed by atoms with Gasteiger partial charge in [-0.2, -0.15) is 0 Å². The quantitative estimate of drug-likeness (QED) is 0.507. The molecule has 3 N–H and O–H groups in total. The summed E-state index contributed by atoms with van der Waals surface area (Å²) in [7, 11) is 0. The summed E-state index contributed by atoms with van der Waals surface area (Å²) in [5.41, 5.74) is 0. The van der Waals surface area contributed by atoms with Crippen LogP contribution in [0.15, 0.2) is 0 Å². The standard InChI is InChI=1S/C10H18N2O4/c1-8(13)11-6-4-2-3-5-9(14)12-7-10(15)16/h2-7H2,1H3,(H,11,13)(H,12,14)(H,15,16). The van der Waals surface area contributed by atoms with E-state index in [0.717, 1.165) is 12.8 Å². The Balaban J connectivity index is 3.27.